The Bertz CT molecular complexity index is 1060. The Morgan fingerprint density at radius 2 is 1.59 bits per heavy atom. The molecule has 0 saturated carbocycles. The van der Waals surface area contributed by atoms with Gasteiger partial charge in [0.05, 0.1) is 0 Å². The molecule has 142 valence electrons. The molecule has 3 aromatic carbocycles. The van der Waals surface area contributed by atoms with E-state index in [0.29, 0.717) is 13.2 Å². The monoisotopic (exact) mass is 379 g/mol. The molecule has 1 aliphatic rings. The lowest BCUT2D eigenvalue weighted by molar-refractivity contribution is 0.144. The van der Waals surface area contributed by atoms with Crippen molar-refractivity contribution in [1.29, 1.82) is 0 Å². The van der Waals surface area contributed by atoms with Crippen molar-refractivity contribution in [3.8, 4) is 23.5 Å². The predicted molar refractivity (Wildman–Crippen MR) is 116 cm³/mol. The summed E-state index contributed by atoms with van der Waals surface area (Å²) in [5, 5.41) is 2.76. The number of rotatable bonds is 5. The van der Waals surface area contributed by atoms with E-state index in [4.69, 9.17) is 11.2 Å². The zero-order valence-corrected chi connectivity index (χ0v) is 16.0. The topological polar surface area (TPSA) is 38.3 Å². The number of hydrogen-bond acceptors (Lipinski definition) is 2. The third kappa shape index (κ3) is 3.93. The van der Waals surface area contributed by atoms with E-state index in [-0.39, 0.29) is 5.92 Å². The summed E-state index contributed by atoms with van der Waals surface area (Å²) >= 11 is 0. The summed E-state index contributed by atoms with van der Waals surface area (Å²) in [6, 6.07) is 24.2. The van der Waals surface area contributed by atoms with Crippen LogP contribution in [-0.2, 0) is 4.74 Å². The molecule has 0 aliphatic heterocycles. The molecule has 3 aromatic rings. The number of ether oxygens (including phenoxy) is 1. The van der Waals surface area contributed by atoms with Gasteiger partial charge in [0.15, 0.2) is 0 Å². The van der Waals surface area contributed by atoms with Gasteiger partial charge in [0.1, 0.15) is 6.61 Å². The van der Waals surface area contributed by atoms with Crippen molar-refractivity contribution >= 4 is 12.2 Å². The van der Waals surface area contributed by atoms with Gasteiger partial charge in [-0.1, -0.05) is 84.8 Å². The minimum absolute atomic E-state index is 0.0613. The largest absolute Gasteiger partial charge is 0.449 e. The number of carbonyl (C=O) groups is 1. The first-order chi connectivity index (χ1) is 14.3. The molecule has 0 spiro atoms. The number of nitrogens with one attached hydrogen (secondary N) is 1. The van der Waals surface area contributed by atoms with Crippen LogP contribution in [0.3, 0.4) is 0 Å². The van der Waals surface area contributed by atoms with Crippen LogP contribution in [0.2, 0.25) is 0 Å². The molecule has 0 bridgehead atoms. The number of hydrogen-bond donors (Lipinski definition) is 1. The van der Waals surface area contributed by atoms with Crippen molar-refractivity contribution in [2.24, 2.45) is 0 Å². The molecule has 0 saturated heterocycles. The second kappa shape index (κ2) is 8.50. The molecule has 0 fully saturated rings. The average Bonchev–Trinajstić information content (AvgIpc) is 3.09. The zero-order chi connectivity index (χ0) is 20.1. The van der Waals surface area contributed by atoms with Crippen molar-refractivity contribution < 1.29 is 9.53 Å². The van der Waals surface area contributed by atoms with Crippen LogP contribution in [0, 0.1) is 12.3 Å². The second-order valence-corrected chi connectivity index (χ2v) is 6.84. The van der Waals surface area contributed by atoms with Crippen molar-refractivity contribution in [2.75, 3.05) is 13.2 Å². The summed E-state index contributed by atoms with van der Waals surface area (Å²) in [7, 11) is 0. The van der Waals surface area contributed by atoms with Gasteiger partial charge in [-0.15, -0.1) is 6.42 Å². The molecule has 4 rings (SSSR count). The molecule has 1 aliphatic carbocycles. The minimum Gasteiger partial charge on any atom is -0.449 e. The highest BCUT2D eigenvalue weighted by molar-refractivity contribution is 5.79. The van der Waals surface area contributed by atoms with E-state index in [0.717, 1.165) is 11.1 Å². The first-order valence-corrected chi connectivity index (χ1v) is 9.59. The van der Waals surface area contributed by atoms with Crippen LogP contribution >= 0.6 is 0 Å². The number of fused-ring (bicyclic) bond motifs is 3. The second-order valence-electron chi connectivity index (χ2n) is 6.84. The highest BCUT2D eigenvalue weighted by atomic mass is 16.5. The highest BCUT2D eigenvalue weighted by Gasteiger charge is 2.28. The van der Waals surface area contributed by atoms with Crippen LogP contribution in [0.25, 0.3) is 17.2 Å². The molecule has 0 atom stereocenters. The molecule has 1 amide bonds. The number of alkyl carbamates (subject to hydrolysis) is 1. The maximum absolute atomic E-state index is 12.2. The molecule has 0 aromatic heterocycles. The van der Waals surface area contributed by atoms with Crippen LogP contribution in [-0.4, -0.2) is 19.2 Å². The smallest absolute Gasteiger partial charge is 0.407 e. The molecular weight excluding hydrogens is 358 g/mol. The van der Waals surface area contributed by atoms with Crippen LogP contribution in [0.1, 0.15) is 28.2 Å². The van der Waals surface area contributed by atoms with Crippen LogP contribution in [0.15, 0.2) is 78.9 Å². The maximum atomic E-state index is 12.2. The van der Waals surface area contributed by atoms with Crippen molar-refractivity contribution in [3.05, 3.63) is 101 Å². The van der Waals surface area contributed by atoms with E-state index in [1.54, 1.807) is 0 Å². The fourth-order valence-electron chi connectivity index (χ4n) is 3.75. The SMILES string of the molecule is C#Cc1ccccc1C=CCNC(=O)OCC1c2ccccc2-c2ccccc21. The van der Waals surface area contributed by atoms with E-state index in [1.807, 2.05) is 60.7 Å². The first kappa shape index (κ1) is 18.6. The quantitative estimate of drug-likeness (QED) is 0.617. The Hall–Kier alpha value is -3.77. The Labute approximate surface area is 171 Å². The fraction of sp³-hybridized carbons (Fsp3) is 0.115. The first-order valence-electron chi connectivity index (χ1n) is 9.59. The molecule has 1 N–H and O–H groups in total. The molecule has 0 unspecified atom stereocenters. The van der Waals surface area contributed by atoms with E-state index in [1.165, 1.54) is 22.3 Å². The van der Waals surface area contributed by atoms with Crippen LogP contribution < -0.4 is 5.32 Å². The van der Waals surface area contributed by atoms with E-state index >= 15 is 0 Å². The summed E-state index contributed by atoms with van der Waals surface area (Å²) in [6.45, 7) is 0.680. The van der Waals surface area contributed by atoms with Crippen LogP contribution in [0.4, 0.5) is 4.79 Å². The van der Waals surface area contributed by atoms with E-state index in [9.17, 15) is 4.79 Å². The van der Waals surface area contributed by atoms with Gasteiger partial charge in [-0.05, 0) is 33.9 Å². The third-order valence-corrected chi connectivity index (χ3v) is 5.12. The normalized spacial score (nSPS) is 12.2. The molecular formula is C26H21NO2. The Morgan fingerprint density at radius 1 is 0.966 bits per heavy atom. The lowest BCUT2D eigenvalue weighted by Gasteiger charge is -2.14. The van der Waals surface area contributed by atoms with Crippen molar-refractivity contribution in [1.82, 2.24) is 5.32 Å². The number of carbonyl (C=O) groups excluding carboxylic acids is 1. The number of terminal acetylenes is 1. The molecule has 0 radical (unpaired) electrons. The van der Waals surface area contributed by atoms with Gasteiger partial charge >= 0.3 is 6.09 Å². The van der Waals surface area contributed by atoms with Gasteiger partial charge in [-0.3, -0.25) is 0 Å². The lowest BCUT2D eigenvalue weighted by atomic mass is 9.98. The third-order valence-electron chi connectivity index (χ3n) is 5.12. The maximum Gasteiger partial charge on any atom is 0.407 e. The van der Waals surface area contributed by atoms with Gasteiger partial charge in [0, 0.05) is 18.0 Å². The molecule has 29 heavy (non-hydrogen) atoms. The Morgan fingerprint density at radius 3 is 2.28 bits per heavy atom. The average molecular weight is 379 g/mol. The fourth-order valence-corrected chi connectivity index (χ4v) is 3.75. The Balaban J connectivity index is 1.35. The van der Waals surface area contributed by atoms with Crippen LogP contribution in [0.5, 0.6) is 0 Å². The summed E-state index contributed by atoms with van der Waals surface area (Å²) in [6.07, 6.45) is 8.83. The number of amides is 1. The predicted octanol–water partition coefficient (Wildman–Crippen LogP) is 5.22. The lowest BCUT2D eigenvalue weighted by Crippen LogP contribution is -2.26. The minimum atomic E-state index is -0.429. The highest BCUT2D eigenvalue weighted by Crippen LogP contribution is 2.44. The van der Waals surface area contributed by atoms with Crippen molar-refractivity contribution in [3.63, 3.8) is 0 Å². The summed E-state index contributed by atoms with van der Waals surface area (Å²) in [5.74, 6) is 2.71. The zero-order valence-electron chi connectivity index (χ0n) is 16.0. The van der Waals surface area contributed by atoms with Gasteiger partial charge in [-0.25, -0.2) is 4.79 Å². The van der Waals surface area contributed by atoms with Gasteiger partial charge in [-0.2, -0.15) is 0 Å². The Kier molecular flexibility index (Phi) is 5.45. The van der Waals surface area contributed by atoms with E-state index in [2.05, 4.69) is 35.5 Å². The standard InChI is InChI=1S/C26H21NO2/c1-2-19-10-3-4-11-20(19)12-9-17-27-26(28)29-18-25-23-15-7-5-13-21(23)22-14-6-8-16-24(22)25/h1,3-16,25H,17-18H2,(H,27,28). The molecule has 3 nitrogen and oxygen atoms in total. The number of benzene rings is 3. The van der Waals surface area contributed by atoms with Gasteiger partial charge in [0.25, 0.3) is 0 Å². The summed E-state index contributed by atoms with van der Waals surface area (Å²) in [5.41, 5.74) is 6.60. The molecule has 0 heterocycles. The van der Waals surface area contributed by atoms with Gasteiger partial charge in [0.2, 0.25) is 0 Å². The van der Waals surface area contributed by atoms with E-state index < -0.39 is 6.09 Å². The van der Waals surface area contributed by atoms with Crippen molar-refractivity contribution in [2.45, 2.75) is 5.92 Å². The summed E-state index contributed by atoms with van der Waals surface area (Å²) in [4.78, 5) is 12.2. The van der Waals surface area contributed by atoms with Gasteiger partial charge < -0.3 is 10.1 Å². The molecule has 3 heteroatoms. The summed E-state index contributed by atoms with van der Waals surface area (Å²) < 4.78 is 5.52.